The lowest BCUT2D eigenvalue weighted by atomic mass is 10.1. The Hall–Kier alpha value is -2.86. The van der Waals surface area contributed by atoms with E-state index < -0.39 is 5.97 Å². The van der Waals surface area contributed by atoms with Crippen molar-refractivity contribution in [2.45, 2.75) is 19.8 Å². The van der Waals surface area contributed by atoms with Crippen LogP contribution in [0, 0.1) is 6.92 Å². The van der Waals surface area contributed by atoms with E-state index in [9.17, 15) is 9.59 Å². The highest BCUT2D eigenvalue weighted by Gasteiger charge is 2.04. The molecular formula is C20H21ClN2O4. The van der Waals surface area contributed by atoms with Gasteiger partial charge in [-0.15, -0.1) is 0 Å². The number of benzene rings is 2. The molecule has 27 heavy (non-hydrogen) atoms. The fourth-order valence-electron chi connectivity index (χ4n) is 2.25. The van der Waals surface area contributed by atoms with Crippen molar-refractivity contribution in [3.63, 3.8) is 0 Å². The first-order valence-electron chi connectivity index (χ1n) is 8.39. The minimum Gasteiger partial charge on any atom is -0.493 e. The van der Waals surface area contributed by atoms with Gasteiger partial charge in [-0.2, -0.15) is 5.10 Å². The first-order valence-corrected chi connectivity index (χ1v) is 8.76. The Morgan fingerprint density at radius 2 is 1.93 bits per heavy atom. The summed E-state index contributed by atoms with van der Waals surface area (Å²) < 4.78 is 10.3. The zero-order chi connectivity index (χ0) is 19.6. The van der Waals surface area contributed by atoms with Crippen LogP contribution in [-0.4, -0.2) is 31.8 Å². The maximum Gasteiger partial charge on any atom is 0.337 e. The summed E-state index contributed by atoms with van der Waals surface area (Å²) in [5.41, 5.74) is 4.62. The Morgan fingerprint density at radius 1 is 1.19 bits per heavy atom. The van der Waals surface area contributed by atoms with Crippen LogP contribution in [-0.2, 0) is 9.53 Å². The third kappa shape index (κ3) is 6.75. The highest BCUT2D eigenvalue weighted by Crippen LogP contribution is 2.21. The second kappa shape index (κ2) is 10.3. The number of carbonyl (C=O) groups excluding carboxylic acids is 2. The fraction of sp³-hybridized carbons (Fsp3) is 0.250. The summed E-state index contributed by atoms with van der Waals surface area (Å²) in [6.07, 6.45) is 2.37. The van der Waals surface area contributed by atoms with Gasteiger partial charge < -0.3 is 9.47 Å². The highest BCUT2D eigenvalue weighted by molar-refractivity contribution is 6.30. The number of esters is 1. The van der Waals surface area contributed by atoms with Gasteiger partial charge in [0.15, 0.2) is 0 Å². The number of carbonyl (C=O) groups is 2. The Kier molecular flexibility index (Phi) is 7.82. The van der Waals surface area contributed by atoms with Gasteiger partial charge in [0.25, 0.3) is 0 Å². The number of methoxy groups -OCH3 is 1. The largest absolute Gasteiger partial charge is 0.493 e. The van der Waals surface area contributed by atoms with Gasteiger partial charge >= 0.3 is 5.97 Å². The van der Waals surface area contributed by atoms with E-state index in [4.69, 9.17) is 16.3 Å². The van der Waals surface area contributed by atoms with Gasteiger partial charge in [-0.1, -0.05) is 23.7 Å². The first kappa shape index (κ1) is 20.5. The van der Waals surface area contributed by atoms with Crippen LogP contribution in [0.5, 0.6) is 5.75 Å². The monoisotopic (exact) mass is 388 g/mol. The molecule has 0 aliphatic carbocycles. The molecule has 0 atom stereocenters. The highest BCUT2D eigenvalue weighted by atomic mass is 35.5. The van der Waals surface area contributed by atoms with Gasteiger partial charge in [0.1, 0.15) is 5.75 Å². The summed E-state index contributed by atoms with van der Waals surface area (Å²) >= 11 is 5.90. The average molecular weight is 389 g/mol. The van der Waals surface area contributed by atoms with Crippen LogP contribution < -0.4 is 10.2 Å². The van der Waals surface area contributed by atoms with Crippen LogP contribution in [0.25, 0.3) is 0 Å². The van der Waals surface area contributed by atoms with Crippen LogP contribution in [0.1, 0.15) is 34.3 Å². The zero-order valence-electron chi connectivity index (χ0n) is 15.2. The summed E-state index contributed by atoms with van der Waals surface area (Å²) in [5.74, 6) is 0.157. The van der Waals surface area contributed by atoms with E-state index >= 15 is 0 Å². The third-order valence-corrected chi connectivity index (χ3v) is 3.91. The van der Waals surface area contributed by atoms with Crippen LogP contribution in [0.2, 0.25) is 5.02 Å². The molecule has 2 aromatic carbocycles. The number of nitrogens with zero attached hydrogens (tertiary/aromatic N) is 1. The van der Waals surface area contributed by atoms with E-state index in [0.717, 1.165) is 16.9 Å². The summed E-state index contributed by atoms with van der Waals surface area (Å²) in [7, 11) is 1.33. The predicted octanol–water partition coefficient (Wildman–Crippen LogP) is 3.74. The molecule has 0 bridgehead atoms. The number of rotatable bonds is 8. The van der Waals surface area contributed by atoms with Gasteiger partial charge in [-0.25, -0.2) is 10.2 Å². The molecule has 0 radical (unpaired) electrons. The van der Waals surface area contributed by atoms with E-state index in [1.54, 1.807) is 30.3 Å². The van der Waals surface area contributed by atoms with E-state index in [1.807, 2.05) is 19.1 Å². The number of hydrogen-bond acceptors (Lipinski definition) is 5. The van der Waals surface area contributed by atoms with Gasteiger partial charge in [0, 0.05) is 11.4 Å². The molecule has 0 saturated carbocycles. The maximum absolute atomic E-state index is 11.8. The number of halogens is 1. The van der Waals surface area contributed by atoms with E-state index in [-0.39, 0.29) is 5.91 Å². The molecular weight excluding hydrogens is 368 g/mol. The molecule has 0 aliphatic rings. The summed E-state index contributed by atoms with van der Waals surface area (Å²) in [6.45, 7) is 2.34. The number of aryl methyl sites for hydroxylation is 1. The van der Waals surface area contributed by atoms with Gasteiger partial charge in [-0.3, -0.25) is 4.79 Å². The van der Waals surface area contributed by atoms with Crippen molar-refractivity contribution < 1.29 is 19.1 Å². The van der Waals surface area contributed by atoms with E-state index in [0.29, 0.717) is 30.0 Å². The van der Waals surface area contributed by atoms with Gasteiger partial charge in [0.2, 0.25) is 5.91 Å². The SMILES string of the molecule is COC(=O)c1ccc(/C=N/NC(=O)CCCOc2ccc(Cl)cc2C)cc1. The fourth-order valence-corrected chi connectivity index (χ4v) is 2.47. The van der Waals surface area contributed by atoms with Crippen LogP contribution in [0.15, 0.2) is 47.6 Å². The molecule has 2 rings (SSSR count). The van der Waals surface area contributed by atoms with Crippen LogP contribution in [0.3, 0.4) is 0 Å². The van der Waals surface area contributed by atoms with Crippen LogP contribution >= 0.6 is 11.6 Å². The predicted molar refractivity (Wildman–Crippen MR) is 104 cm³/mol. The molecule has 0 aromatic heterocycles. The molecule has 0 aliphatic heterocycles. The maximum atomic E-state index is 11.8. The van der Waals surface area contributed by atoms with Crippen molar-refractivity contribution in [2.75, 3.05) is 13.7 Å². The van der Waals surface area contributed by atoms with Crippen molar-refractivity contribution >= 4 is 29.7 Å². The molecule has 6 nitrogen and oxygen atoms in total. The van der Waals surface area contributed by atoms with Gasteiger partial charge in [-0.05, 0) is 54.8 Å². The molecule has 2 aromatic rings. The lowest BCUT2D eigenvalue weighted by molar-refractivity contribution is -0.121. The Bertz CT molecular complexity index is 819. The van der Waals surface area contributed by atoms with Crippen molar-refractivity contribution in [3.8, 4) is 5.75 Å². The second-order valence-electron chi connectivity index (χ2n) is 5.77. The summed E-state index contributed by atoms with van der Waals surface area (Å²) in [4.78, 5) is 23.1. The molecule has 7 heteroatoms. The number of hydrogen-bond donors (Lipinski definition) is 1. The lowest BCUT2D eigenvalue weighted by Crippen LogP contribution is -2.18. The lowest BCUT2D eigenvalue weighted by Gasteiger charge is -2.08. The summed E-state index contributed by atoms with van der Waals surface area (Å²) in [5, 5.41) is 4.56. The molecule has 1 amide bonds. The van der Waals surface area contributed by atoms with Crippen LogP contribution in [0.4, 0.5) is 0 Å². The Labute approximate surface area is 163 Å². The van der Waals surface area contributed by atoms with E-state index in [1.165, 1.54) is 13.3 Å². The number of nitrogens with one attached hydrogen (secondary N) is 1. The Balaban J connectivity index is 1.69. The Morgan fingerprint density at radius 3 is 2.59 bits per heavy atom. The molecule has 0 unspecified atom stereocenters. The quantitative estimate of drug-likeness (QED) is 0.323. The van der Waals surface area contributed by atoms with Crippen molar-refractivity contribution in [2.24, 2.45) is 5.10 Å². The molecule has 0 spiro atoms. The molecule has 0 saturated heterocycles. The number of amides is 1. The molecule has 0 fully saturated rings. The minimum absolute atomic E-state index is 0.200. The topological polar surface area (TPSA) is 77.0 Å². The molecule has 1 N–H and O–H groups in total. The minimum atomic E-state index is -0.400. The smallest absolute Gasteiger partial charge is 0.337 e. The first-order chi connectivity index (χ1) is 13.0. The average Bonchev–Trinajstić information content (AvgIpc) is 2.66. The summed E-state index contributed by atoms with van der Waals surface area (Å²) in [6, 6.07) is 12.1. The van der Waals surface area contributed by atoms with Crippen molar-refractivity contribution in [3.05, 3.63) is 64.2 Å². The standard InChI is InChI=1S/C20H21ClN2O4/c1-14-12-17(21)9-10-18(14)27-11-3-4-19(24)23-22-13-15-5-7-16(8-6-15)20(25)26-2/h5-10,12-13H,3-4,11H2,1-2H3,(H,23,24)/b22-13+. The van der Waals surface area contributed by atoms with Crippen molar-refractivity contribution in [1.82, 2.24) is 5.43 Å². The number of hydrazone groups is 1. The van der Waals surface area contributed by atoms with E-state index in [2.05, 4.69) is 15.3 Å². The number of ether oxygens (including phenoxy) is 2. The normalized spacial score (nSPS) is 10.6. The van der Waals surface area contributed by atoms with Crippen molar-refractivity contribution in [1.29, 1.82) is 0 Å². The molecule has 142 valence electrons. The third-order valence-electron chi connectivity index (χ3n) is 3.68. The molecule has 0 heterocycles. The van der Waals surface area contributed by atoms with Gasteiger partial charge in [0.05, 0.1) is 25.5 Å². The second-order valence-corrected chi connectivity index (χ2v) is 6.21. The zero-order valence-corrected chi connectivity index (χ0v) is 16.0.